The quantitative estimate of drug-likeness (QED) is 0.568. The molecule has 0 bridgehead atoms. The summed E-state index contributed by atoms with van der Waals surface area (Å²) in [6.07, 6.45) is 2.03. The normalized spacial score (nSPS) is 15.3. The van der Waals surface area contributed by atoms with E-state index in [1.165, 1.54) is 36.8 Å². The Hall–Kier alpha value is -1.18. The van der Waals surface area contributed by atoms with E-state index >= 15 is 0 Å². The first-order valence-electron chi connectivity index (χ1n) is 9.28. The monoisotopic (exact) mass is 393 g/mol. The Morgan fingerprint density at radius 2 is 1.96 bits per heavy atom. The average molecular weight is 394 g/mol. The van der Waals surface area contributed by atoms with Crippen molar-refractivity contribution in [2.24, 2.45) is 0 Å². The van der Waals surface area contributed by atoms with E-state index in [0.29, 0.717) is 11.8 Å². The van der Waals surface area contributed by atoms with E-state index in [4.69, 9.17) is 9.15 Å². The summed E-state index contributed by atoms with van der Waals surface area (Å²) in [7, 11) is 0. The van der Waals surface area contributed by atoms with Crippen molar-refractivity contribution in [1.29, 1.82) is 0 Å². The van der Waals surface area contributed by atoms with Crippen LogP contribution in [0.2, 0.25) is 0 Å². The summed E-state index contributed by atoms with van der Waals surface area (Å²) < 4.78 is 11.6. The summed E-state index contributed by atoms with van der Waals surface area (Å²) in [5, 5.41) is 8.31. The second-order valence-electron chi connectivity index (χ2n) is 6.19. The molecule has 1 aliphatic rings. The van der Waals surface area contributed by atoms with Gasteiger partial charge in [-0.05, 0) is 36.4 Å². The van der Waals surface area contributed by atoms with E-state index in [1.54, 1.807) is 0 Å². The van der Waals surface area contributed by atoms with Gasteiger partial charge in [0, 0.05) is 48.9 Å². The summed E-state index contributed by atoms with van der Waals surface area (Å²) in [6, 6.07) is 7.91. The van der Waals surface area contributed by atoms with Crippen LogP contribution in [0.15, 0.2) is 28.7 Å². The molecule has 0 aliphatic carbocycles. The van der Waals surface area contributed by atoms with E-state index in [-0.39, 0.29) is 0 Å². The Kier molecular flexibility index (Phi) is 8.17. The third-order valence-corrected chi connectivity index (χ3v) is 6.29. The molecule has 0 N–H and O–H groups in total. The van der Waals surface area contributed by atoms with Crippen molar-refractivity contribution < 1.29 is 9.15 Å². The molecule has 1 aromatic heterocycles. The van der Waals surface area contributed by atoms with Gasteiger partial charge in [-0.2, -0.15) is 23.5 Å². The minimum absolute atomic E-state index is 0.581. The smallest absolute Gasteiger partial charge is 0.247 e. The highest BCUT2D eigenvalue weighted by Crippen LogP contribution is 2.22. The van der Waals surface area contributed by atoms with Gasteiger partial charge in [-0.3, -0.25) is 4.90 Å². The van der Waals surface area contributed by atoms with Gasteiger partial charge in [0.05, 0.1) is 0 Å². The van der Waals surface area contributed by atoms with Gasteiger partial charge in [-0.1, -0.05) is 6.92 Å². The van der Waals surface area contributed by atoms with Crippen LogP contribution in [-0.4, -0.2) is 64.3 Å². The Morgan fingerprint density at radius 1 is 1.15 bits per heavy atom. The van der Waals surface area contributed by atoms with Crippen molar-refractivity contribution >= 4 is 23.5 Å². The molecular formula is C19H27N3O2S2. The second-order valence-corrected chi connectivity index (χ2v) is 8.64. The predicted octanol–water partition coefficient (Wildman–Crippen LogP) is 3.85. The van der Waals surface area contributed by atoms with Crippen molar-refractivity contribution in [1.82, 2.24) is 15.1 Å². The van der Waals surface area contributed by atoms with Gasteiger partial charge in [-0.25, -0.2) is 0 Å². The largest absolute Gasteiger partial charge is 0.492 e. The summed E-state index contributed by atoms with van der Waals surface area (Å²) in [4.78, 5) is 2.46. The molecule has 5 nitrogen and oxygen atoms in total. The Bertz CT molecular complexity index is 642. The molecule has 1 saturated heterocycles. The highest BCUT2D eigenvalue weighted by molar-refractivity contribution is 7.99. The number of ether oxygens (including phenoxy) is 1. The molecule has 0 saturated carbocycles. The fourth-order valence-electron chi connectivity index (χ4n) is 2.69. The molecule has 0 spiro atoms. The molecule has 0 radical (unpaired) electrons. The molecule has 26 heavy (non-hydrogen) atoms. The van der Waals surface area contributed by atoms with Crippen molar-refractivity contribution in [2.45, 2.75) is 19.8 Å². The molecule has 3 rings (SSSR count). The number of aromatic nitrogens is 2. The lowest BCUT2D eigenvalue weighted by Gasteiger charge is -2.25. The van der Waals surface area contributed by atoms with E-state index in [9.17, 15) is 0 Å². The van der Waals surface area contributed by atoms with Crippen molar-refractivity contribution in [3.05, 3.63) is 30.2 Å². The van der Waals surface area contributed by atoms with E-state index in [1.807, 2.05) is 47.8 Å². The number of benzene rings is 1. The first kappa shape index (κ1) is 19.6. The minimum atomic E-state index is 0.581. The van der Waals surface area contributed by atoms with Crippen LogP contribution in [0, 0.1) is 0 Å². The maximum absolute atomic E-state index is 5.86. The van der Waals surface area contributed by atoms with Crippen molar-refractivity contribution in [3.8, 4) is 17.2 Å². The van der Waals surface area contributed by atoms with E-state index in [2.05, 4.69) is 22.0 Å². The lowest BCUT2D eigenvalue weighted by molar-refractivity contribution is 0.222. The van der Waals surface area contributed by atoms with Gasteiger partial charge in [0.15, 0.2) is 0 Å². The zero-order valence-corrected chi connectivity index (χ0v) is 17.0. The maximum atomic E-state index is 5.86. The molecule has 1 aromatic carbocycles. The summed E-state index contributed by atoms with van der Waals surface area (Å²) >= 11 is 3.96. The van der Waals surface area contributed by atoms with Crippen LogP contribution in [0.3, 0.4) is 0 Å². The molecule has 2 aromatic rings. The lowest BCUT2D eigenvalue weighted by atomic mass is 10.2. The molecule has 7 heteroatoms. The number of hydrogen-bond donors (Lipinski definition) is 0. The molecule has 1 aliphatic heterocycles. The van der Waals surface area contributed by atoms with Gasteiger partial charge in [0.2, 0.25) is 11.8 Å². The van der Waals surface area contributed by atoms with Crippen molar-refractivity contribution in [2.75, 3.05) is 49.3 Å². The predicted molar refractivity (Wildman–Crippen MR) is 110 cm³/mol. The first-order valence-corrected chi connectivity index (χ1v) is 11.6. The van der Waals surface area contributed by atoms with Crippen LogP contribution in [0.5, 0.6) is 5.75 Å². The van der Waals surface area contributed by atoms with Gasteiger partial charge < -0.3 is 9.15 Å². The SMILES string of the molecule is CCCSCCc1nnc(-c2ccc(OCCN3CCSCC3)cc2)o1. The maximum Gasteiger partial charge on any atom is 0.247 e. The zero-order chi connectivity index (χ0) is 18.0. The standard InChI is InChI=1S/C19H27N3O2S2/c1-2-12-25-13-7-18-20-21-19(24-18)16-3-5-17(6-4-16)23-11-8-22-9-14-26-15-10-22/h3-6H,2,7-15H2,1H3. The number of thioether (sulfide) groups is 2. The van der Waals surface area contributed by atoms with Gasteiger partial charge >= 0.3 is 0 Å². The zero-order valence-electron chi connectivity index (χ0n) is 15.4. The van der Waals surface area contributed by atoms with Gasteiger partial charge in [0.1, 0.15) is 12.4 Å². The van der Waals surface area contributed by atoms with Gasteiger partial charge in [0.25, 0.3) is 0 Å². The molecule has 0 amide bonds. The van der Waals surface area contributed by atoms with Crippen LogP contribution in [0.25, 0.3) is 11.5 Å². The molecule has 2 heterocycles. The van der Waals surface area contributed by atoms with Crippen molar-refractivity contribution in [3.63, 3.8) is 0 Å². The highest BCUT2D eigenvalue weighted by Gasteiger charge is 2.11. The Balaban J connectivity index is 1.44. The molecule has 142 valence electrons. The Labute approximate surface area is 164 Å². The van der Waals surface area contributed by atoms with E-state index < -0.39 is 0 Å². The molecule has 1 fully saturated rings. The van der Waals surface area contributed by atoms with Crippen LogP contribution in [-0.2, 0) is 6.42 Å². The number of aryl methyl sites for hydroxylation is 1. The average Bonchev–Trinajstić information content (AvgIpc) is 3.16. The van der Waals surface area contributed by atoms with E-state index in [0.717, 1.165) is 36.6 Å². The molecule has 0 unspecified atom stereocenters. The molecular weight excluding hydrogens is 366 g/mol. The highest BCUT2D eigenvalue weighted by atomic mass is 32.2. The van der Waals surface area contributed by atoms with Crippen LogP contribution < -0.4 is 4.74 Å². The second kappa shape index (κ2) is 10.8. The number of hydrogen-bond acceptors (Lipinski definition) is 7. The fourth-order valence-corrected chi connectivity index (χ4v) is 4.48. The number of nitrogens with zero attached hydrogens (tertiary/aromatic N) is 3. The van der Waals surface area contributed by atoms with Crippen LogP contribution in [0.1, 0.15) is 19.2 Å². The third-order valence-electron chi connectivity index (χ3n) is 4.16. The topological polar surface area (TPSA) is 51.4 Å². The third kappa shape index (κ3) is 6.21. The minimum Gasteiger partial charge on any atom is -0.492 e. The summed E-state index contributed by atoms with van der Waals surface area (Å²) in [6.45, 7) is 6.25. The first-order chi connectivity index (χ1) is 12.8. The van der Waals surface area contributed by atoms with Crippen LogP contribution >= 0.6 is 23.5 Å². The molecule has 0 atom stereocenters. The fraction of sp³-hybridized carbons (Fsp3) is 0.579. The Morgan fingerprint density at radius 3 is 2.73 bits per heavy atom. The summed E-state index contributed by atoms with van der Waals surface area (Å²) in [5.74, 6) is 6.85. The summed E-state index contributed by atoms with van der Waals surface area (Å²) in [5.41, 5.74) is 0.936. The van der Waals surface area contributed by atoms with Crippen LogP contribution in [0.4, 0.5) is 0 Å². The lowest BCUT2D eigenvalue weighted by Crippen LogP contribution is -2.35. The van der Waals surface area contributed by atoms with Gasteiger partial charge in [-0.15, -0.1) is 10.2 Å². The number of rotatable bonds is 10.